The average molecular weight is 567 g/mol. The van der Waals surface area contributed by atoms with Gasteiger partial charge in [0.2, 0.25) is 5.88 Å². The molecule has 39 heavy (non-hydrogen) atoms. The Bertz CT molecular complexity index is 1590. The summed E-state index contributed by atoms with van der Waals surface area (Å²) in [6.07, 6.45) is 0. The Labute approximate surface area is 233 Å². The normalized spacial score (nSPS) is 11.0. The number of para-hydroxylation sites is 1. The van der Waals surface area contributed by atoms with Crippen LogP contribution in [0.4, 0.5) is 10.2 Å². The van der Waals surface area contributed by atoms with E-state index < -0.39 is 0 Å². The van der Waals surface area contributed by atoms with Crippen LogP contribution in [-0.2, 0) is 5.75 Å². The molecule has 0 fully saturated rings. The number of halogens is 2. The average Bonchev–Trinajstić information content (AvgIpc) is 3.31. The van der Waals surface area contributed by atoms with Crippen LogP contribution < -0.4 is 18.9 Å². The molecule has 0 amide bonds. The summed E-state index contributed by atoms with van der Waals surface area (Å²) < 4.78 is 35.2. The minimum atomic E-state index is -0.284. The van der Waals surface area contributed by atoms with Gasteiger partial charge in [0.05, 0.1) is 20.8 Å². The quantitative estimate of drug-likeness (QED) is 0.194. The third-order valence-electron chi connectivity index (χ3n) is 5.64. The molecule has 0 aliphatic rings. The molecule has 0 spiro atoms. The molecule has 12 heteroatoms. The molecule has 0 aliphatic heterocycles. The van der Waals surface area contributed by atoms with Crippen LogP contribution in [0.5, 0.6) is 17.4 Å². The monoisotopic (exact) mass is 566 g/mol. The summed E-state index contributed by atoms with van der Waals surface area (Å²) in [5, 5.41) is 0.147. The van der Waals surface area contributed by atoms with E-state index in [0.29, 0.717) is 64.1 Å². The summed E-state index contributed by atoms with van der Waals surface area (Å²) in [7, 11) is 3.15. The van der Waals surface area contributed by atoms with Crippen LogP contribution in [0.3, 0.4) is 0 Å². The highest BCUT2D eigenvalue weighted by atomic mass is 35.5. The van der Waals surface area contributed by atoms with E-state index in [1.807, 2.05) is 37.3 Å². The molecule has 5 aromatic rings. The largest absolute Gasteiger partial charge is 0.494 e. The molecular formula is C27H24ClFN6O3S. The van der Waals surface area contributed by atoms with E-state index in [1.165, 1.54) is 24.1 Å². The SMILES string of the molecule is CCOc1cccc(-c2nc3nc(Cl)c(NSCc4ccc(F)cc4)nc3n2-c2c(OC)cccc2OC)n1. The first-order chi connectivity index (χ1) is 19.0. The van der Waals surface area contributed by atoms with Crippen LogP contribution in [0.25, 0.3) is 28.5 Å². The van der Waals surface area contributed by atoms with Gasteiger partial charge in [-0.1, -0.05) is 35.9 Å². The predicted octanol–water partition coefficient (Wildman–Crippen LogP) is 6.35. The standard InChI is InChI=1S/C27H24ClFN6O3S/c1-4-38-21-10-5-7-18(30-21)26-33-25-27(35(26)22-19(36-2)8-6-9-20(22)37-3)32-24(23(28)31-25)34-39-15-16-11-13-17(29)14-12-16/h5-14H,4,15H2,1-3H3,(H,32,34). The number of methoxy groups -OCH3 is 2. The number of imidazole rings is 1. The van der Waals surface area contributed by atoms with Crippen molar-refractivity contribution in [2.45, 2.75) is 12.7 Å². The molecule has 0 saturated carbocycles. The Morgan fingerprint density at radius 2 is 1.64 bits per heavy atom. The molecule has 0 atom stereocenters. The third-order valence-corrected chi connectivity index (χ3v) is 6.72. The van der Waals surface area contributed by atoms with Crippen LogP contribution in [0.15, 0.2) is 60.7 Å². The second kappa shape index (κ2) is 11.7. The van der Waals surface area contributed by atoms with Crippen molar-refractivity contribution in [2.75, 3.05) is 25.5 Å². The third kappa shape index (κ3) is 5.55. The number of benzene rings is 2. The number of anilines is 1. The van der Waals surface area contributed by atoms with Crippen molar-refractivity contribution < 1.29 is 18.6 Å². The zero-order valence-electron chi connectivity index (χ0n) is 21.3. The lowest BCUT2D eigenvalue weighted by Gasteiger charge is -2.16. The highest BCUT2D eigenvalue weighted by molar-refractivity contribution is 7.99. The summed E-state index contributed by atoms with van der Waals surface area (Å²) in [5.74, 6) is 2.58. The van der Waals surface area contributed by atoms with Gasteiger partial charge >= 0.3 is 0 Å². The minimum absolute atomic E-state index is 0.147. The fraction of sp³-hybridized carbons (Fsp3) is 0.185. The fourth-order valence-electron chi connectivity index (χ4n) is 3.91. The van der Waals surface area contributed by atoms with Gasteiger partial charge in [-0.05, 0) is 54.8 Å². The van der Waals surface area contributed by atoms with Gasteiger partial charge in [0.1, 0.15) is 28.7 Å². The lowest BCUT2D eigenvalue weighted by molar-refractivity contribution is 0.327. The second-order valence-corrected chi connectivity index (χ2v) is 9.24. The summed E-state index contributed by atoms with van der Waals surface area (Å²) in [4.78, 5) is 18.7. The maximum Gasteiger partial charge on any atom is 0.213 e. The van der Waals surface area contributed by atoms with Gasteiger partial charge in [-0.3, -0.25) is 4.57 Å². The van der Waals surface area contributed by atoms with Gasteiger partial charge in [0.15, 0.2) is 28.1 Å². The van der Waals surface area contributed by atoms with Crippen LogP contribution in [0.1, 0.15) is 12.5 Å². The summed E-state index contributed by atoms with van der Waals surface area (Å²) in [6.45, 7) is 2.36. The second-order valence-electron chi connectivity index (χ2n) is 8.10. The molecular weight excluding hydrogens is 543 g/mol. The van der Waals surface area contributed by atoms with Crippen molar-refractivity contribution in [2.24, 2.45) is 0 Å². The first-order valence-electron chi connectivity index (χ1n) is 11.9. The lowest BCUT2D eigenvalue weighted by atomic mass is 10.2. The van der Waals surface area contributed by atoms with Gasteiger partial charge in [-0.25, -0.2) is 24.3 Å². The van der Waals surface area contributed by atoms with Crippen LogP contribution in [0, 0.1) is 5.82 Å². The summed E-state index contributed by atoms with van der Waals surface area (Å²) in [6, 6.07) is 17.2. The van der Waals surface area contributed by atoms with Crippen molar-refractivity contribution in [3.63, 3.8) is 0 Å². The zero-order valence-corrected chi connectivity index (χ0v) is 22.9. The van der Waals surface area contributed by atoms with Crippen LogP contribution in [0.2, 0.25) is 5.15 Å². The number of hydrogen-bond donors (Lipinski definition) is 1. The highest BCUT2D eigenvalue weighted by Crippen LogP contribution is 2.38. The smallest absolute Gasteiger partial charge is 0.213 e. The fourth-order valence-corrected chi connectivity index (χ4v) is 4.85. The van der Waals surface area contributed by atoms with Crippen molar-refractivity contribution in [1.29, 1.82) is 0 Å². The number of hydrogen-bond acceptors (Lipinski definition) is 9. The molecule has 0 saturated heterocycles. The molecule has 3 heterocycles. The van der Waals surface area contributed by atoms with E-state index in [2.05, 4.69) is 14.7 Å². The molecule has 1 N–H and O–H groups in total. The lowest BCUT2D eigenvalue weighted by Crippen LogP contribution is -2.06. The van der Waals surface area contributed by atoms with Gasteiger partial charge in [-0.15, -0.1) is 0 Å². The van der Waals surface area contributed by atoms with E-state index in [0.717, 1.165) is 5.56 Å². The van der Waals surface area contributed by atoms with Crippen molar-refractivity contribution in [3.8, 4) is 34.6 Å². The number of ether oxygens (including phenoxy) is 3. The molecule has 2 aromatic carbocycles. The first kappa shape index (κ1) is 26.5. The molecule has 5 rings (SSSR count). The van der Waals surface area contributed by atoms with E-state index in [-0.39, 0.29) is 11.0 Å². The number of rotatable bonds is 10. The maximum atomic E-state index is 13.3. The van der Waals surface area contributed by atoms with E-state index in [4.69, 9.17) is 35.8 Å². The number of nitrogens with one attached hydrogen (secondary N) is 1. The number of pyridine rings is 1. The zero-order chi connectivity index (χ0) is 27.4. The number of nitrogens with zero attached hydrogens (tertiary/aromatic N) is 5. The van der Waals surface area contributed by atoms with Crippen molar-refractivity contribution in [1.82, 2.24) is 24.5 Å². The Hall–Kier alpha value is -4.09. The highest BCUT2D eigenvalue weighted by Gasteiger charge is 2.25. The van der Waals surface area contributed by atoms with Gasteiger partial charge < -0.3 is 18.9 Å². The Morgan fingerprint density at radius 1 is 0.923 bits per heavy atom. The molecule has 0 bridgehead atoms. The topological polar surface area (TPSA) is 96.2 Å². The minimum Gasteiger partial charge on any atom is -0.494 e. The molecule has 200 valence electrons. The Morgan fingerprint density at radius 3 is 2.33 bits per heavy atom. The van der Waals surface area contributed by atoms with Gasteiger partial charge in [-0.2, -0.15) is 0 Å². The molecule has 0 radical (unpaired) electrons. The Kier molecular flexibility index (Phi) is 7.99. The molecule has 9 nitrogen and oxygen atoms in total. The van der Waals surface area contributed by atoms with E-state index in [1.54, 1.807) is 37.0 Å². The van der Waals surface area contributed by atoms with Crippen molar-refractivity contribution in [3.05, 3.63) is 77.2 Å². The molecule has 0 aliphatic carbocycles. The van der Waals surface area contributed by atoms with Crippen LogP contribution >= 0.6 is 23.5 Å². The predicted molar refractivity (Wildman–Crippen MR) is 150 cm³/mol. The number of aromatic nitrogens is 5. The van der Waals surface area contributed by atoms with Crippen LogP contribution in [-0.4, -0.2) is 45.3 Å². The number of fused-ring (bicyclic) bond motifs is 1. The van der Waals surface area contributed by atoms with Crippen molar-refractivity contribution >= 4 is 40.7 Å². The van der Waals surface area contributed by atoms with Gasteiger partial charge in [0, 0.05) is 11.8 Å². The maximum absolute atomic E-state index is 13.3. The van der Waals surface area contributed by atoms with E-state index >= 15 is 0 Å². The molecule has 0 unspecified atom stereocenters. The first-order valence-corrected chi connectivity index (χ1v) is 13.3. The van der Waals surface area contributed by atoms with E-state index in [9.17, 15) is 4.39 Å². The summed E-state index contributed by atoms with van der Waals surface area (Å²) in [5.41, 5.74) is 2.76. The summed E-state index contributed by atoms with van der Waals surface area (Å²) >= 11 is 7.86. The van der Waals surface area contributed by atoms with Gasteiger partial charge in [0.25, 0.3) is 0 Å². The molecule has 3 aromatic heterocycles. The Balaban J connectivity index is 1.64.